The van der Waals surface area contributed by atoms with Gasteiger partial charge >= 0.3 is 0 Å². The molecule has 110 valence electrons. The van der Waals surface area contributed by atoms with E-state index in [1.165, 1.54) is 57.8 Å². The zero-order valence-electron chi connectivity index (χ0n) is 13.1. The molecule has 0 bridgehead atoms. The van der Waals surface area contributed by atoms with Gasteiger partial charge in [-0.3, -0.25) is 0 Å². The Morgan fingerprint density at radius 1 is 0.889 bits per heavy atom. The highest BCUT2D eigenvalue weighted by Crippen LogP contribution is 2.06. The number of hydrogen-bond donors (Lipinski definition) is 1. The predicted octanol–water partition coefficient (Wildman–Crippen LogP) is 5.87. The number of unbranched alkanes of at least 4 members (excludes halogenated alkanes) is 7. The van der Waals surface area contributed by atoms with Crippen LogP contribution in [-0.4, -0.2) is 11.2 Å². The van der Waals surface area contributed by atoms with Gasteiger partial charge in [-0.2, -0.15) is 0 Å². The molecule has 0 aromatic heterocycles. The maximum absolute atomic E-state index is 9.16. The number of allylic oxidation sites excluding steroid dienone is 1. The summed E-state index contributed by atoms with van der Waals surface area (Å²) in [5.41, 5.74) is 0. The Morgan fingerprint density at radius 3 is 1.89 bits per heavy atom. The minimum Gasteiger partial charge on any atom is -0.393 e. The average molecular weight is 256 g/mol. The van der Waals surface area contributed by atoms with Crippen LogP contribution in [0.2, 0.25) is 0 Å². The van der Waals surface area contributed by atoms with Crippen molar-refractivity contribution < 1.29 is 5.11 Å². The van der Waals surface area contributed by atoms with E-state index in [9.17, 15) is 0 Å². The van der Waals surface area contributed by atoms with E-state index in [2.05, 4.69) is 20.4 Å². The van der Waals surface area contributed by atoms with Crippen LogP contribution in [0, 0.1) is 0 Å². The normalized spacial score (nSPS) is 11.6. The van der Waals surface area contributed by atoms with Crippen molar-refractivity contribution in [1.82, 2.24) is 0 Å². The van der Waals surface area contributed by atoms with Gasteiger partial charge in [0, 0.05) is 0 Å². The molecule has 0 fully saturated rings. The number of aliphatic hydroxyl groups excluding tert-OH is 1. The molecule has 1 heteroatoms. The molecule has 0 amide bonds. The lowest BCUT2D eigenvalue weighted by Gasteiger charge is -2.05. The minimum absolute atomic E-state index is 0.0446. The molecule has 0 rings (SSSR count). The van der Waals surface area contributed by atoms with Gasteiger partial charge in [-0.15, -0.1) is 6.58 Å². The quantitative estimate of drug-likeness (QED) is 0.362. The minimum atomic E-state index is -0.0446. The van der Waals surface area contributed by atoms with Crippen molar-refractivity contribution in [3.05, 3.63) is 12.7 Å². The second kappa shape index (κ2) is 19.0. The molecule has 1 atom stereocenters. The van der Waals surface area contributed by atoms with Crippen LogP contribution in [0.1, 0.15) is 91.4 Å². The van der Waals surface area contributed by atoms with Crippen molar-refractivity contribution in [2.75, 3.05) is 0 Å². The molecule has 0 aliphatic carbocycles. The first kappa shape index (κ1) is 20.0. The number of hydrogen-bond acceptors (Lipinski definition) is 1. The molecule has 0 aliphatic rings. The topological polar surface area (TPSA) is 20.2 Å². The van der Waals surface area contributed by atoms with E-state index in [0.29, 0.717) is 0 Å². The standard InChI is InChI=1S/C9H20O.C8H16/c1-3-5-6-7-8-9(10)4-2;1-3-5-7-8-6-4-2/h9-10H,3-8H2,1-2H3;3H,1,4-8H2,2H3. The van der Waals surface area contributed by atoms with Gasteiger partial charge in [0.1, 0.15) is 0 Å². The van der Waals surface area contributed by atoms with Gasteiger partial charge in [-0.1, -0.05) is 71.8 Å². The summed E-state index contributed by atoms with van der Waals surface area (Å²) in [6.07, 6.45) is 15.6. The summed E-state index contributed by atoms with van der Waals surface area (Å²) >= 11 is 0. The van der Waals surface area contributed by atoms with Gasteiger partial charge in [-0.25, -0.2) is 0 Å². The van der Waals surface area contributed by atoms with Gasteiger partial charge in [0.2, 0.25) is 0 Å². The Hall–Kier alpha value is -0.300. The van der Waals surface area contributed by atoms with Crippen molar-refractivity contribution >= 4 is 0 Å². The Balaban J connectivity index is 0. The van der Waals surface area contributed by atoms with Crippen LogP contribution < -0.4 is 0 Å². The van der Waals surface area contributed by atoms with E-state index in [0.717, 1.165) is 12.8 Å². The first-order valence-electron chi connectivity index (χ1n) is 8.01. The third-order valence-corrected chi connectivity index (χ3v) is 3.12. The van der Waals surface area contributed by atoms with Gasteiger partial charge < -0.3 is 5.11 Å². The average Bonchev–Trinajstić information content (AvgIpc) is 2.40. The fourth-order valence-corrected chi connectivity index (χ4v) is 1.73. The Kier molecular flexibility index (Phi) is 21.2. The van der Waals surface area contributed by atoms with Crippen LogP contribution in [0.4, 0.5) is 0 Å². The van der Waals surface area contributed by atoms with Crippen molar-refractivity contribution in [1.29, 1.82) is 0 Å². The fraction of sp³-hybridized carbons (Fsp3) is 0.882. The van der Waals surface area contributed by atoms with Crippen LogP contribution in [0.25, 0.3) is 0 Å². The molecule has 1 N–H and O–H groups in total. The molecular formula is C17H36O. The molecule has 0 aromatic carbocycles. The summed E-state index contributed by atoms with van der Waals surface area (Å²) in [7, 11) is 0. The molecule has 1 nitrogen and oxygen atoms in total. The van der Waals surface area contributed by atoms with E-state index in [4.69, 9.17) is 5.11 Å². The van der Waals surface area contributed by atoms with E-state index in [-0.39, 0.29) is 6.10 Å². The summed E-state index contributed by atoms with van der Waals surface area (Å²) < 4.78 is 0. The SMILES string of the molecule is C=CCCCCCC.CCCCCCC(O)CC. The fourth-order valence-electron chi connectivity index (χ4n) is 1.73. The van der Waals surface area contributed by atoms with Crippen molar-refractivity contribution in [3.63, 3.8) is 0 Å². The van der Waals surface area contributed by atoms with Gasteiger partial charge in [0.15, 0.2) is 0 Å². The lowest BCUT2D eigenvalue weighted by Crippen LogP contribution is -2.03. The summed E-state index contributed by atoms with van der Waals surface area (Å²) in [4.78, 5) is 0. The van der Waals surface area contributed by atoms with E-state index >= 15 is 0 Å². The molecule has 0 spiro atoms. The van der Waals surface area contributed by atoms with Crippen LogP contribution >= 0.6 is 0 Å². The molecule has 0 radical (unpaired) electrons. The third kappa shape index (κ3) is 21.0. The maximum Gasteiger partial charge on any atom is 0.0537 e. The van der Waals surface area contributed by atoms with Crippen molar-refractivity contribution in [2.24, 2.45) is 0 Å². The first-order chi connectivity index (χ1) is 8.72. The van der Waals surface area contributed by atoms with Crippen LogP contribution in [0.3, 0.4) is 0 Å². The summed E-state index contributed by atoms with van der Waals surface area (Å²) in [5.74, 6) is 0. The van der Waals surface area contributed by atoms with E-state index in [1.807, 2.05) is 13.0 Å². The number of rotatable bonds is 11. The summed E-state index contributed by atoms with van der Waals surface area (Å²) in [5, 5.41) is 9.16. The van der Waals surface area contributed by atoms with Gasteiger partial charge in [0.25, 0.3) is 0 Å². The maximum atomic E-state index is 9.16. The highest BCUT2D eigenvalue weighted by atomic mass is 16.3. The summed E-state index contributed by atoms with van der Waals surface area (Å²) in [6, 6.07) is 0. The smallest absolute Gasteiger partial charge is 0.0537 e. The van der Waals surface area contributed by atoms with Gasteiger partial charge in [-0.05, 0) is 25.7 Å². The zero-order chi connectivity index (χ0) is 14.1. The van der Waals surface area contributed by atoms with Crippen molar-refractivity contribution in [3.8, 4) is 0 Å². The molecule has 0 aliphatic heterocycles. The molecule has 1 unspecified atom stereocenters. The van der Waals surface area contributed by atoms with Crippen molar-refractivity contribution in [2.45, 2.75) is 97.5 Å². The molecule has 0 aromatic rings. The highest BCUT2D eigenvalue weighted by Gasteiger charge is 1.98. The molecular weight excluding hydrogens is 220 g/mol. The van der Waals surface area contributed by atoms with Crippen LogP contribution in [0.15, 0.2) is 12.7 Å². The number of aliphatic hydroxyl groups is 1. The Labute approximate surface area is 116 Å². The first-order valence-corrected chi connectivity index (χ1v) is 8.01. The predicted molar refractivity (Wildman–Crippen MR) is 84.0 cm³/mol. The highest BCUT2D eigenvalue weighted by molar-refractivity contribution is 4.65. The molecule has 18 heavy (non-hydrogen) atoms. The Bertz CT molecular complexity index is 143. The van der Waals surface area contributed by atoms with E-state index in [1.54, 1.807) is 0 Å². The Morgan fingerprint density at radius 2 is 1.44 bits per heavy atom. The molecule has 0 saturated heterocycles. The third-order valence-electron chi connectivity index (χ3n) is 3.12. The lowest BCUT2D eigenvalue weighted by molar-refractivity contribution is 0.156. The summed E-state index contributed by atoms with van der Waals surface area (Å²) in [6.45, 7) is 10.1. The zero-order valence-corrected chi connectivity index (χ0v) is 13.1. The second-order valence-corrected chi connectivity index (χ2v) is 5.05. The van der Waals surface area contributed by atoms with Crippen LogP contribution in [0.5, 0.6) is 0 Å². The second-order valence-electron chi connectivity index (χ2n) is 5.05. The van der Waals surface area contributed by atoms with Gasteiger partial charge in [0.05, 0.1) is 6.10 Å². The lowest BCUT2D eigenvalue weighted by atomic mass is 10.1. The molecule has 0 saturated carbocycles. The molecule has 0 heterocycles. The largest absolute Gasteiger partial charge is 0.393 e. The van der Waals surface area contributed by atoms with Crippen LogP contribution in [-0.2, 0) is 0 Å². The van der Waals surface area contributed by atoms with E-state index < -0.39 is 0 Å². The monoisotopic (exact) mass is 256 g/mol.